The predicted molar refractivity (Wildman–Crippen MR) is 83.8 cm³/mol. The van der Waals surface area contributed by atoms with Crippen LogP contribution in [0.4, 0.5) is 4.79 Å². The Hall–Kier alpha value is -1.89. The summed E-state index contributed by atoms with van der Waals surface area (Å²) in [5, 5.41) is 2.72. The third-order valence-electron chi connectivity index (χ3n) is 5.05. The lowest BCUT2D eigenvalue weighted by Crippen LogP contribution is -2.42. The van der Waals surface area contributed by atoms with Crippen LogP contribution in [0.1, 0.15) is 44.1 Å². The molecule has 4 rings (SSSR count). The second-order valence-corrected chi connectivity index (χ2v) is 7.31. The van der Waals surface area contributed by atoms with Gasteiger partial charge in [0.25, 0.3) is 5.91 Å². The SMILES string of the molecule is CC1(C)NC(=O)N(CCN2CCc3c(ncn3C3CC3)C2)C1=O. The van der Waals surface area contributed by atoms with Crippen molar-refractivity contribution in [3.63, 3.8) is 0 Å². The molecule has 0 atom stereocenters. The molecule has 23 heavy (non-hydrogen) atoms. The zero-order valence-corrected chi connectivity index (χ0v) is 13.7. The van der Waals surface area contributed by atoms with E-state index in [1.807, 2.05) is 6.33 Å². The second kappa shape index (κ2) is 5.06. The van der Waals surface area contributed by atoms with Gasteiger partial charge in [0.05, 0.1) is 12.0 Å². The fourth-order valence-electron chi connectivity index (χ4n) is 3.51. The standard InChI is InChI=1S/C16H23N5O2/c1-16(2)14(22)20(15(23)18-16)8-7-19-6-5-13-12(9-19)17-10-21(13)11-3-4-11/h10-11H,3-9H2,1-2H3,(H,18,23). The van der Waals surface area contributed by atoms with Gasteiger partial charge in [0, 0.05) is 44.3 Å². The summed E-state index contributed by atoms with van der Waals surface area (Å²) in [6.45, 7) is 6.38. The molecule has 7 nitrogen and oxygen atoms in total. The maximum Gasteiger partial charge on any atom is 0.325 e. The average molecular weight is 317 g/mol. The predicted octanol–water partition coefficient (Wildman–Crippen LogP) is 0.906. The first-order chi connectivity index (χ1) is 11.0. The molecule has 0 spiro atoms. The number of nitrogens with zero attached hydrogens (tertiary/aromatic N) is 4. The molecule has 0 bridgehead atoms. The molecule has 1 saturated carbocycles. The van der Waals surface area contributed by atoms with Crippen molar-refractivity contribution in [3.05, 3.63) is 17.7 Å². The van der Waals surface area contributed by atoms with Crippen LogP contribution in [0.2, 0.25) is 0 Å². The summed E-state index contributed by atoms with van der Waals surface area (Å²) >= 11 is 0. The van der Waals surface area contributed by atoms with Gasteiger partial charge in [-0.25, -0.2) is 9.78 Å². The highest BCUT2D eigenvalue weighted by Gasteiger charge is 2.44. The molecule has 3 aliphatic rings. The molecular formula is C16H23N5O2. The maximum atomic E-state index is 12.2. The van der Waals surface area contributed by atoms with Crippen molar-refractivity contribution >= 4 is 11.9 Å². The van der Waals surface area contributed by atoms with Gasteiger partial charge in [0.1, 0.15) is 5.54 Å². The third kappa shape index (κ3) is 2.52. The maximum absolute atomic E-state index is 12.2. The smallest absolute Gasteiger partial charge is 0.325 e. The molecule has 0 radical (unpaired) electrons. The first kappa shape index (κ1) is 14.7. The van der Waals surface area contributed by atoms with Gasteiger partial charge in [0.2, 0.25) is 0 Å². The molecule has 1 aromatic heterocycles. The molecule has 3 heterocycles. The molecule has 3 amide bonds. The summed E-state index contributed by atoms with van der Waals surface area (Å²) in [4.78, 5) is 32.3. The normalized spacial score (nSPS) is 24.0. The van der Waals surface area contributed by atoms with E-state index in [-0.39, 0.29) is 11.9 Å². The topological polar surface area (TPSA) is 70.5 Å². The van der Waals surface area contributed by atoms with Crippen LogP contribution >= 0.6 is 0 Å². The Morgan fingerprint density at radius 3 is 2.74 bits per heavy atom. The van der Waals surface area contributed by atoms with Crippen LogP contribution in [0.25, 0.3) is 0 Å². The van der Waals surface area contributed by atoms with Crippen LogP contribution in [0, 0.1) is 0 Å². The summed E-state index contributed by atoms with van der Waals surface area (Å²) in [6, 6.07) is 0.390. The molecule has 2 aliphatic heterocycles. The van der Waals surface area contributed by atoms with Crippen LogP contribution in [-0.4, -0.2) is 56.5 Å². The summed E-state index contributed by atoms with van der Waals surface area (Å²) in [5.74, 6) is -0.141. The first-order valence-electron chi connectivity index (χ1n) is 8.37. The van der Waals surface area contributed by atoms with Crippen molar-refractivity contribution in [2.75, 3.05) is 19.6 Å². The van der Waals surface area contributed by atoms with Crippen LogP contribution < -0.4 is 5.32 Å². The van der Waals surface area contributed by atoms with E-state index in [4.69, 9.17) is 0 Å². The van der Waals surface area contributed by atoms with Crippen molar-refractivity contribution in [2.45, 2.75) is 51.2 Å². The number of urea groups is 1. The van der Waals surface area contributed by atoms with Gasteiger partial charge in [-0.1, -0.05) is 0 Å². The molecule has 124 valence electrons. The summed E-state index contributed by atoms with van der Waals surface area (Å²) < 4.78 is 2.34. The van der Waals surface area contributed by atoms with E-state index in [1.54, 1.807) is 13.8 Å². The number of imidazole rings is 1. The lowest BCUT2D eigenvalue weighted by Gasteiger charge is -2.28. The number of hydrogen-bond donors (Lipinski definition) is 1. The number of fused-ring (bicyclic) bond motifs is 1. The number of aromatic nitrogens is 2. The summed E-state index contributed by atoms with van der Waals surface area (Å²) in [7, 11) is 0. The van der Waals surface area contributed by atoms with Gasteiger partial charge >= 0.3 is 6.03 Å². The largest absolute Gasteiger partial charge is 0.331 e. The molecule has 2 fully saturated rings. The summed E-state index contributed by atoms with van der Waals surface area (Å²) in [5.41, 5.74) is 1.75. The van der Waals surface area contributed by atoms with E-state index in [1.165, 1.54) is 23.4 Å². The van der Waals surface area contributed by atoms with Gasteiger partial charge in [-0.3, -0.25) is 14.6 Å². The fraction of sp³-hybridized carbons (Fsp3) is 0.688. The Balaban J connectivity index is 1.37. The molecule has 1 aliphatic carbocycles. The summed E-state index contributed by atoms with van der Waals surface area (Å²) in [6.07, 6.45) is 5.52. The van der Waals surface area contributed by atoms with Gasteiger partial charge in [-0.15, -0.1) is 0 Å². The molecule has 0 unspecified atom stereocenters. The highest BCUT2D eigenvalue weighted by molar-refractivity contribution is 6.06. The van der Waals surface area contributed by atoms with Crippen LogP contribution in [-0.2, 0) is 17.8 Å². The number of hydrogen-bond acceptors (Lipinski definition) is 4. The Kier molecular flexibility index (Phi) is 3.23. The highest BCUT2D eigenvalue weighted by atomic mass is 16.2. The van der Waals surface area contributed by atoms with Crippen LogP contribution in [0.15, 0.2) is 6.33 Å². The van der Waals surface area contributed by atoms with Gasteiger partial charge in [0.15, 0.2) is 0 Å². The zero-order valence-electron chi connectivity index (χ0n) is 13.7. The van der Waals surface area contributed by atoms with Crippen molar-refractivity contribution < 1.29 is 9.59 Å². The number of carbonyl (C=O) groups is 2. The molecule has 0 aromatic carbocycles. The van der Waals surface area contributed by atoms with E-state index in [0.717, 1.165) is 25.2 Å². The number of amides is 3. The molecule has 1 saturated heterocycles. The minimum Gasteiger partial charge on any atom is -0.331 e. The fourth-order valence-corrected chi connectivity index (χ4v) is 3.51. The molecular weight excluding hydrogens is 294 g/mol. The van der Waals surface area contributed by atoms with Crippen molar-refractivity contribution in [2.24, 2.45) is 0 Å². The van der Waals surface area contributed by atoms with Gasteiger partial charge < -0.3 is 9.88 Å². The number of carbonyl (C=O) groups excluding carboxylic acids is 2. The lowest BCUT2D eigenvalue weighted by atomic mass is 10.1. The van der Waals surface area contributed by atoms with E-state index < -0.39 is 5.54 Å². The molecule has 1 aromatic rings. The van der Waals surface area contributed by atoms with E-state index in [0.29, 0.717) is 19.1 Å². The van der Waals surface area contributed by atoms with Gasteiger partial charge in [-0.05, 0) is 26.7 Å². The molecule has 1 N–H and O–H groups in total. The minimum atomic E-state index is -0.783. The third-order valence-corrected chi connectivity index (χ3v) is 5.05. The van der Waals surface area contributed by atoms with Crippen LogP contribution in [0.5, 0.6) is 0 Å². The Labute approximate surface area is 135 Å². The zero-order chi connectivity index (χ0) is 16.2. The lowest BCUT2D eigenvalue weighted by molar-refractivity contribution is -0.130. The van der Waals surface area contributed by atoms with Crippen molar-refractivity contribution in [1.82, 2.24) is 24.7 Å². The monoisotopic (exact) mass is 317 g/mol. The second-order valence-electron chi connectivity index (χ2n) is 7.31. The Bertz CT molecular complexity index is 661. The number of rotatable bonds is 4. The van der Waals surface area contributed by atoms with Crippen molar-refractivity contribution in [3.8, 4) is 0 Å². The number of nitrogens with one attached hydrogen (secondary N) is 1. The van der Waals surface area contributed by atoms with Gasteiger partial charge in [-0.2, -0.15) is 0 Å². The quantitative estimate of drug-likeness (QED) is 0.838. The highest BCUT2D eigenvalue weighted by Crippen LogP contribution is 2.37. The van der Waals surface area contributed by atoms with E-state index >= 15 is 0 Å². The van der Waals surface area contributed by atoms with Crippen LogP contribution in [0.3, 0.4) is 0 Å². The van der Waals surface area contributed by atoms with E-state index in [2.05, 4.69) is 19.8 Å². The molecule has 7 heteroatoms. The first-order valence-corrected chi connectivity index (χ1v) is 8.37. The minimum absolute atomic E-state index is 0.141. The van der Waals surface area contributed by atoms with E-state index in [9.17, 15) is 9.59 Å². The number of imide groups is 1. The van der Waals surface area contributed by atoms with Crippen molar-refractivity contribution in [1.29, 1.82) is 0 Å². The average Bonchev–Trinajstić information content (AvgIpc) is 3.22. The Morgan fingerprint density at radius 2 is 2.09 bits per heavy atom. The Morgan fingerprint density at radius 1 is 1.30 bits per heavy atom.